The quantitative estimate of drug-likeness (QED) is 0.0343. The Labute approximate surface area is 425 Å². The smallest absolute Gasteiger partial charge is 0.306 e. The maximum atomic E-state index is 12.9. The number of hydrogen-bond donors (Lipinski definition) is 0. The Morgan fingerprint density at radius 1 is 0.279 bits per heavy atom. The minimum absolute atomic E-state index is 0.0613. The van der Waals surface area contributed by atoms with Gasteiger partial charge in [-0.2, -0.15) is 0 Å². The van der Waals surface area contributed by atoms with Gasteiger partial charge in [-0.05, 0) is 25.2 Å². The molecular weight excluding hydrogens is 841 g/mol. The number of rotatable bonds is 57. The van der Waals surface area contributed by atoms with E-state index in [1.807, 2.05) is 0 Å². The topological polar surface area (TPSA) is 78.9 Å². The second kappa shape index (κ2) is 56.3. The van der Waals surface area contributed by atoms with E-state index in [-0.39, 0.29) is 31.1 Å². The molecule has 1 atom stereocenters. The molecule has 0 fully saturated rings. The zero-order valence-corrected chi connectivity index (χ0v) is 46.6. The van der Waals surface area contributed by atoms with Crippen molar-refractivity contribution in [3.8, 4) is 0 Å². The highest BCUT2D eigenvalue weighted by molar-refractivity contribution is 5.71. The molecule has 0 saturated carbocycles. The third kappa shape index (κ3) is 55.3. The maximum Gasteiger partial charge on any atom is 0.306 e. The van der Waals surface area contributed by atoms with E-state index in [9.17, 15) is 14.4 Å². The van der Waals surface area contributed by atoms with Crippen LogP contribution >= 0.6 is 0 Å². The fourth-order valence-electron chi connectivity index (χ4n) is 9.63. The normalized spacial score (nSPS) is 12.0. The van der Waals surface area contributed by atoms with Crippen LogP contribution in [-0.2, 0) is 28.6 Å². The van der Waals surface area contributed by atoms with E-state index in [4.69, 9.17) is 14.2 Å². The molecule has 0 spiro atoms. The molecule has 404 valence electrons. The van der Waals surface area contributed by atoms with Crippen LogP contribution in [-0.4, -0.2) is 37.2 Å². The van der Waals surface area contributed by atoms with E-state index in [1.165, 1.54) is 250 Å². The molecular formula is C62H120O6. The molecule has 6 heteroatoms. The number of hydrogen-bond acceptors (Lipinski definition) is 6. The summed E-state index contributed by atoms with van der Waals surface area (Å²) in [4.78, 5) is 38.2. The predicted octanol–water partition coefficient (Wildman–Crippen LogP) is 20.6. The largest absolute Gasteiger partial charge is 0.462 e. The number of carbonyl (C=O) groups is 3. The second-order valence-corrected chi connectivity index (χ2v) is 21.8. The van der Waals surface area contributed by atoms with Gasteiger partial charge in [-0.25, -0.2) is 0 Å². The summed E-state index contributed by atoms with van der Waals surface area (Å²) in [5.41, 5.74) is 0. The second-order valence-electron chi connectivity index (χ2n) is 21.8. The van der Waals surface area contributed by atoms with Gasteiger partial charge in [-0.15, -0.1) is 0 Å². The molecule has 0 aromatic rings. The van der Waals surface area contributed by atoms with E-state index in [0.717, 1.165) is 63.7 Å². The van der Waals surface area contributed by atoms with Gasteiger partial charge >= 0.3 is 17.9 Å². The molecule has 0 aromatic carbocycles. The number of carbonyl (C=O) groups excluding carboxylic acids is 3. The van der Waals surface area contributed by atoms with Crippen LogP contribution in [0.4, 0.5) is 0 Å². The number of esters is 3. The zero-order chi connectivity index (χ0) is 49.5. The lowest BCUT2D eigenvalue weighted by Gasteiger charge is -2.18. The number of unbranched alkanes of at least 4 members (excludes halogenated alkanes) is 44. The first kappa shape index (κ1) is 66.4. The molecule has 0 heterocycles. The van der Waals surface area contributed by atoms with Crippen molar-refractivity contribution in [2.75, 3.05) is 13.2 Å². The van der Waals surface area contributed by atoms with Crippen molar-refractivity contribution in [3.63, 3.8) is 0 Å². The van der Waals surface area contributed by atoms with Crippen LogP contribution in [0.5, 0.6) is 0 Å². The van der Waals surface area contributed by atoms with Gasteiger partial charge in [-0.1, -0.05) is 317 Å². The summed E-state index contributed by atoms with van der Waals surface area (Å²) in [6.07, 6.45) is 62.4. The summed E-state index contributed by atoms with van der Waals surface area (Å²) in [5.74, 6) is 0.0185. The Kier molecular flexibility index (Phi) is 55.0. The highest BCUT2D eigenvalue weighted by Crippen LogP contribution is 2.18. The SMILES string of the molecule is CCCCCCCCCCCCCCCCCCCC(=O)OC[C@H](COC(=O)CCCCCCCCCCCCCCCCC)OC(=O)CCCCCCCCCCCCCCCCCC(C)C. The van der Waals surface area contributed by atoms with Crippen LogP contribution in [0.3, 0.4) is 0 Å². The van der Waals surface area contributed by atoms with Gasteiger partial charge in [0, 0.05) is 19.3 Å². The van der Waals surface area contributed by atoms with E-state index in [0.29, 0.717) is 19.3 Å². The van der Waals surface area contributed by atoms with Crippen molar-refractivity contribution in [1.29, 1.82) is 0 Å². The van der Waals surface area contributed by atoms with Gasteiger partial charge in [-0.3, -0.25) is 14.4 Å². The van der Waals surface area contributed by atoms with Gasteiger partial charge in [0.2, 0.25) is 0 Å². The summed E-state index contributed by atoms with van der Waals surface area (Å²) in [7, 11) is 0. The Hall–Kier alpha value is -1.59. The average Bonchev–Trinajstić information content (AvgIpc) is 3.32. The van der Waals surface area contributed by atoms with E-state index in [1.54, 1.807) is 0 Å². The highest BCUT2D eigenvalue weighted by Gasteiger charge is 2.19. The summed E-state index contributed by atoms with van der Waals surface area (Å²) in [6.45, 7) is 9.09. The third-order valence-electron chi connectivity index (χ3n) is 14.3. The summed E-state index contributed by atoms with van der Waals surface area (Å²) < 4.78 is 16.9. The fourth-order valence-corrected chi connectivity index (χ4v) is 9.63. The summed E-state index contributed by atoms with van der Waals surface area (Å²) >= 11 is 0. The van der Waals surface area contributed by atoms with Crippen molar-refractivity contribution < 1.29 is 28.6 Å². The molecule has 0 radical (unpaired) electrons. The minimum atomic E-state index is -0.762. The lowest BCUT2D eigenvalue weighted by atomic mass is 10.0. The molecule has 0 N–H and O–H groups in total. The first-order valence-electron chi connectivity index (χ1n) is 30.9. The molecule has 0 aliphatic carbocycles. The number of ether oxygens (including phenoxy) is 3. The molecule has 0 aliphatic rings. The van der Waals surface area contributed by atoms with Gasteiger partial charge in [0.15, 0.2) is 6.10 Å². The Morgan fingerprint density at radius 2 is 0.485 bits per heavy atom. The van der Waals surface area contributed by atoms with Gasteiger partial charge < -0.3 is 14.2 Å². The van der Waals surface area contributed by atoms with Crippen LogP contribution in [0.15, 0.2) is 0 Å². The molecule has 6 nitrogen and oxygen atoms in total. The Bertz CT molecular complexity index is 1030. The minimum Gasteiger partial charge on any atom is -0.462 e. The van der Waals surface area contributed by atoms with Gasteiger partial charge in [0.1, 0.15) is 13.2 Å². The first-order chi connectivity index (χ1) is 33.4. The van der Waals surface area contributed by atoms with E-state index < -0.39 is 6.10 Å². The zero-order valence-electron chi connectivity index (χ0n) is 46.6. The third-order valence-corrected chi connectivity index (χ3v) is 14.3. The average molecular weight is 962 g/mol. The summed E-state index contributed by atoms with van der Waals surface area (Å²) in [5, 5.41) is 0. The van der Waals surface area contributed by atoms with Crippen LogP contribution in [0.1, 0.15) is 355 Å². The first-order valence-corrected chi connectivity index (χ1v) is 30.9. The molecule has 0 rings (SSSR count). The van der Waals surface area contributed by atoms with Crippen molar-refractivity contribution in [1.82, 2.24) is 0 Å². The maximum absolute atomic E-state index is 12.9. The molecule has 0 amide bonds. The van der Waals surface area contributed by atoms with Crippen molar-refractivity contribution in [2.45, 2.75) is 361 Å². The summed E-state index contributed by atoms with van der Waals surface area (Å²) in [6, 6.07) is 0. The Morgan fingerprint density at radius 3 is 0.721 bits per heavy atom. The van der Waals surface area contributed by atoms with Crippen molar-refractivity contribution >= 4 is 17.9 Å². The molecule has 0 aromatic heterocycles. The Balaban J connectivity index is 4.29. The van der Waals surface area contributed by atoms with Gasteiger partial charge in [0.05, 0.1) is 0 Å². The van der Waals surface area contributed by atoms with Crippen LogP contribution < -0.4 is 0 Å². The van der Waals surface area contributed by atoms with E-state index >= 15 is 0 Å². The lowest BCUT2D eigenvalue weighted by Crippen LogP contribution is -2.30. The lowest BCUT2D eigenvalue weighted by molar-refractivity contribution is -0.167. The van der Waals surface area contributed by atoms with Crippen LogP contribution in [0.2, 0.25) is 0 Å². The molecule has 0 saturated heterocycles. The standard InChI is InChI=1S/C62H120O6/c1-5-7-9-11-13-15-17-19-21-22-26-30-34-38-42-46-50-54-61(64)67-57-59(56-66-60(63)53-49-45-41-37-33-29-24-20-18-16-14-12-10-8-6-2)68-62(65)55-51-47-43-39-35-31-27-23-25-28-32-36-40-44-48-52-58(3)4/h58-59H,5-57H2,1-4H3/t59-/m0/s1. The highest BCUT2D eigenvalue weighted by atomic mass is 16.6. The van der Waals surface area contributed by atoms with Gasteiger partial charge in [0.25, 0.3) is 0 Å². The molecule has 68 heavy (non-hydrogen) atoms. The predicted molar refractivity (Wildman–Crippen MR) is 293 cm³/mol. The molecule has 0 unspecified atom stereocenters. The van der Waals surface area contributed by atoms with Crippen LogP contribution in [0, 0.1) is 5.92 Å². The monoisotopic (exact) mass is 961 g/mol. The van der Waals surface area contributed by atoms with E-state index in [2.05, 4.69) is 27.7 Å². The van der Waals surface area contributed by atoms with Crippen LogP contribution in [0.25, 0.3) is 0 Å². The molecule has 0 aliphatic heterocycles. The molecule has 0 bridgehead atoms. The fraction of sp³-hybridized carbons (Fsp3) is 0.952. The van der Waals surface area contributed by atoms with Crippen molar-refractivity contribution in [2.24, 2.45) is 5.92 Å². The van der Waals surface area contributed by atoms with Crippen molar-refractivity contribution in [3.05, 3.63) is 0 Å².